The largest absolute Gasteiger partial charge is 0.463 e. The molecule has 3 unspecified atom stereocenters. The Hall–Kier alpha value is -3.10. The summed E-state index contributed by atoms with van der Waals surface area (Å²) in [6, 6.07) is 17.4. The molecule has 2 aromatic carbocycles. The first-order chi connectivity index (χ1) is 19.5. The van der Waals surface area contributed by atoms with Crippen molar-refractivity contribution in [2.45, 2.75) is 69.3 Å². The van der Waals surface area contributed by atoms with E-state index in [0.29, 0.717) is 31.6 Å². The molecule has 0 bridgehead atoms. The van der Waals surface area contributed by atoms with Gasteiger partial charge in [0.15, 0.2) is 0 Å². The number of fused-ring (bicyclic) bond motifs is 1. The molecule has 2 aliphatic heterocycles. The number of nitrogens with one attached hydrogen (secondary N) is 1. The van der Waals surface area contributed by atoms with Gasteiger partial charge in [-0.3, -0.25) is 14.4 Å². The summed E-state index contributed by atoms with van der Waals surface area (Å²) < 4.78 is 5.54. The van der Waals surface area contributed by atoms with Crippen molar-refractivity contribution in [2.75, 3.05) is 19.0 Å². The summed E-state index contributed by atoms with van der Waals surface area (Å²) in [5.41, 5.74) is 3.41. The second-order valence-electron chi connectivity index (χ2n) is 10.6. The van der Waals surface area contributed by atoms with E-state index in [4.69, 9.17) is 4.74 Å². The van der Waals surface area contributed by atoms with Gasteiger partial charge >= 0.3 is 5.97 Å². The summed E-state index contributed by atoms with van der Waals surface area (Å²) in [5, 5.41) is 13.1. The van der Waals surface area contributed by atoms with Crippen molar-refractivity contribution >= 4 is 29.5 Å². The average molecular weight is 565 g/mol. The van der Waals surface area contributed by atoms with Gasteiger partial charge in [0.2, 0.25) is 11.8 Å². The zero-order valence-corrected chi connectivity index (χ0v) is 23.8. The van der Waals surface area contributed by atoms with E-state index in [1.807, 2.05) is 54.6 Å². The Balaban J connectivity index is 1.44. The van der Waals surface area contributed by atoms with Crippen molar-refractivity contribution in [3.05, 3.63) is 83.4 Å². The summed E-state index contributed by atoms with van der Waals surface area (Å²) in [5.74, 6) is 0.213. The molecule has 3 atom stereocenters. The van der Waals surface area contributed by atoms with Crippen LogP contribution in [0.25, 0.3) is 0 Å². The third-order valence-electron chi connectivity index (χ3n) is 7.49. The van der Waals surface area contributed by atoms with Gasteiger partial charge in [-0.15, -0.1) is 0 Å². The molecule has 40 heavy (non-hydrogen) atoms. The van der Waals surface area contributed by atoms with Gasteiger partial charge in [-0.2, -0.15) is 11.8 Å². The van der Waals surface area contributed by atoms with E-state index in [0.717, 1.165) is 36.1 Å². The highest BCUT2D eigenvalue weighted by molar-refractivity contribution is 7.98. The molecule has 214 valence electrons. The van der Waals surface area contributed by atoms with Crippen LogP contribution in [0.5, 0.6) is 0 Å². The van der Waals surface area contributed by atoms with Gasteiger partial charge in [0.25, 0.3) is 0 Å². The topological polar surface area (TPSA) is 95.9 Å². The van der Waals surface area contributed by atoms with Crippen LogP contribution in [0.3, 0.4) is 0 Å². The third kappa shape index (κ3) is 8.96. The molecular formula is C32H40N2O5S. The number of benzene rings is 2. The van der Waals surface area contributed by atoms with Crippen LogP contribution in [0, 0.1) is 5.92 Å². The Morgan fingerprint density at radius 3 is 2.60 bits per heavy atom. The molecule has 4 rings (SSSR count). The standard InChI is InChI=1S/C32H40N2O5S/c35-20-29-17-25-13-9-10-15-27(25)19-34(29)30(36)18-26-14-7-2-1-3-8-16-31(37)39-21-28(33-32(26)38)23-40-22-24-11-5-4-6-12-24/h2,4-7,9-13,15,26,28-29,35H,1,3,8,14,16-23H2,(H,33,38). The van der Waals surface area contributed by atoms with Crippen LogP contribution in [-0.4, -0.2) is 58.8 Å². The molecule has 0 saturated carbocycles. The number of carbonyl (C=O) groups is 3. The van der Waals surface area contributed by atoms with Crippen LogP contribution in [-0.2, 0) is 37.8 Å². The van der Waals surface area contributed by atoms with Gasteiger partial charge < -0.3 is 20.1 Å². The second kappa shape index (κ2) is 15.6. The minimum absolute atomic E-state index is 0.0541. The molecule has 0 fully saturated rings. The normalized spacial score (nSPS) is 22.5. The van der Waals surface area contributed by atoms with E-state index in [9.17, 15) is 19.5 Å². The molecule has 0 aliphatic carbocycles. The first-order valence-corrected chi connectivity index (χ1v) is 15.4. The maximum atomic E-state index is 13.6. The number of nitrogens with zero attached hydrogens (tertiary/aromatic N) is 1. The summed E-state index contributed by atoms with van der Waals surface area (Å²) >= 11 is 1.67. The van der Waals surface area contributed by atoms with E-state index < -0.39 is 5.92 Å². The number of aliphatic hydroxyl groups is 1. The molecule has 7 nitrogen and oxygen atoms in total. The van der Waals surface area contributed by atoms with Gasteiger partial charge in [-0.25, -0.2) is 0 Å². The Morgan fingerprint density at radius 1 is 1.02 bits per heavy atom. The van der Waals surface area contributed by atoms with Gasteiger partial charge in [0.05, 0.1) is 24.6 Å². The number of rotatable bonds is 7. The van der Waals surface area contributed by atoms with E-state index in [-0.39, 0.29) is 49.5 Å². The second-order valence-corrected chi connectivity index (χ2v) is 11.6. The lowest BCUT2D eigenvalue weighted by atomic mass is 9.92. The van der Waals surface area contributed by atoms with Crippen LogP contribution in [0.1, 0.15) is 55.2 Å². The highest BCUT2D eigenvalue weighted by Crippen LogP contribution is 2.25. The SMILES string of the molecule is O=C1CCCCC=CCC(CC(=O)N2Cc3ccccc3CC2CO)C(=O)NC(CSCc2ccccc2)CO1. The van der Waals surface area contributed by atoms with Gasteiger partial charge in [-0.05, 0) is 48.8 Å². The average Bonchev–Trinajstić information content (AvgIpc) is 2.97. The smallest absolute Gasteiger partial charge is 0.305 e. The van der Waals surface area contributed by atoms with E-state index in [1.54, 1.807) is 16.7 Å². The minimum Gasteiger partial charge on any atom is -0.463 e. The van der Waals surface area contributed by atoms with Crippen LogP contribution in [0.4, 0.5) is 0 Å². The first-order valence-electron chi connectivity index (χ1n) is 14.2. The molecule has 0 radical (unpaired) electrons. The molecule has 0 aromatic heterocycles. The zero-order chi connectivity index (χ0) is 28.2. The van der Waals surface area contributed by atoms with Crippen molar-refractivity contribution in [3.8, 4) is 0 Å². The predicted octanol–water partition coefficient (Wildman–Crippen LogP) is 4.42. The van der Waals surface area contributed by atoms with Crippen LogP contribution in [0.15, 0.2) is 66.7 Å². The lowest BCUT2D eigenvalue weighted by Crippen LogP contribution is -2.48. The molecular weight excluding hydrogens is 524 g/mol. The van der Waals surface area contributed by atoms with Crippen molar-refractivity contribution in [1.82, 2.24) is 10.2 Å². The van der Waals surface area contributed by atoms with Gasteiger partial charge in [0.1, 0.15) is 6.61 Å². The fourth-order valence-corrected chi connectivity index (χ4v) is 6.18. The molecule has 2 aliphatic rings. The predicted molar refractivity (Wildman–Crippen MR) is 157 cm³/mol. The van der Waals surface area contributed by atoms with E-state index in [1.165, 1.54) is 5.56 Å². The number of esters is 1. The number of aliphatic hydroxyl groups excluding tert-OH is 1. The number of allylic oxidation sites excluding steroid dienone is 2. The maximum Gasteiger partial charge on any atom is 0.305 e. The zero-order valence-electron chi connectivity index (χ0n) is 23.0. The number of hydrogen-bond donors (Lipinski definition) is 2. The lowest BCUT2D eigenvalue weighted by Gasteiger charge is -2.36. The third-order valence-corrected chi connectivity index (χ3v) is 8.67. The van der Waals surface area contributed by atoms with Crippen molar-refractivity contribution in [3.63, 3.8) is 0 Å². The fourth-order valence-electron chi connectivity index (χ4n) is 5.17. The summed E-state index contributed by atoms with van der Waals surface area (Å²) in [6.07, 6.45) is 7.91. The van der Waals surface area contributed by atoms with Crippen molar-refractivity contribution in [2.24, 2.45) is 5.92 Å². The van der Waals surface area contributed by atoms with E-state index in [2.05, 4.69) is 17.4 Å². The number of thioether (sulfide) groups is 1. The number of ether oxygens (including phenoxy) is 1. The molecule has 2 aromatic rings. The molecule has 2 heterocycles. The molecule has 2 amide bonds. The highest BCUT2D eigenvalue weighted by atomic mass is 32.2. The highest BCUT2D eigenvalue weighted by Gasteiger charge is 2.32. The van der Waals surface area contributed by atoms with E-state index >= 15 is 0 Å². The van der Waals surface area contributed by atoms with Crippen LogP contribution < -0.4 is 5.32 Å². The molecule has 8 heteroatoms. The van der Waals surface area contributed by atoms with Crippen molar-refractivity contribution in [1.29, 1.82) is 0 Å². The lowest BCUT2D eigenvalue weighted by molar-refractivity contribution is -0.145. The van der Waals surface area contributed by atoms with Crippen molar-refractivity contribution < 1.29 is 24.2 Å². The van der Waals surface area contributed by atoms with Gasteiger partial charge in [0, 0.05) is 30.9 Å². The molecule has 0 spiro atoms. The number of hydrogen-bond acceptors (Lipinski definition) is 6. The Morgan fingerprint density at radius 2 is 1.80 bits per heavy atom. The van der Waals surface area contributed by atoms with Crippen LogP contribution in [0.2, 0.25) is 0 Å². The monoisotopic (exact) mass is 564 g/mol. The summed E-state index contributed by atoms with van der Waals surface area (Å²) in [4.78, 5) is 41.1. The number of amides is 2. The maximum absolute atomic E-state index is 13.6. The Kier molecular flexibility index (Phi) is 11.7. The minimum atomic E-state index is -0.555. The van der Waals surface area contributed by atoms with Crippen LogP contribution >= 0.6 is 11.8 Å². The molecule has 0 saturated heterocycles. The summed E-state index contributed by atoms with van der Waals surface area (Å²) in [6.45, 7) is 0.417. The first kappa shape index (κ1) is 29.9. The number of carbonyl (C=O) groups excluding carboxylic acids is 3. The fraction of sp³-hybridized carbons (Fsp3) is 0.469. The Bertz CT molecular complexity index is 1160. The quantitative estimate of drug-likeness (QED) is 0.382. The number of cyclic esters (lactones) is 1. The van der Waals surface area contributed by atoms with Gasteiger partial charge in [-0.1, -0.05) is 66.7 Å². The summed E-state index contributed by atoms with van der Waals surface area (Å²) in [7, 11) is 0. The molecule has 2 N–H and O–H groups in total. The Labute approximate surface area is 241 Å².